The van der Waals surface area contributed by atoms with Gasteiger partial charge in [0.25, 0.3) is 5.91 Å². The molecule has 0 unspecified atom stereocenters. The molecule has 1 rings (SSSR count). The second-order valence-corrected chi connectivity index (χ2v) is 7.02. The average Bonchev–Trinajstić information content (AvgIpc) is 2.58. The SMILES string of the molecule is CC(C)C(=O)Nc1ccc(C(=O)NCCNC(=O)C(C)(C)CCl)cc1. The summed E-state index contributed by atoms with van der Waals surface area (Å²) in [5.41, 5.74) is 0.489. The first-order valence-corrected chi connectivity index (χ1v) is 8.74. The van der Waals surface area contributed by atoms with Crippen molar-refractivity contribution in [2.75, 3.05) is 24.3 Å². The number of anilines is 1. The van der Waals surface area contributed by atoms with Gasteiger partial charge < -0.3 is 16.0 Å². The molecule has 0 aliphatic carbocycles. The van der Waals surface area contributed by atoms with Crippen LogP contribution in [0.25, 0.3) is 0 Å². The summed E-state index contributed by atoms with van der Waals surface area (Å²) in [6.45, 7) is 7.78. The van der Waals surface area contributed by atoms with Gasteiger partial charge >= 0.3 is 0 Å². The maximum atomic E-state index is 12.1. The molecule has 25 heavy (non-hydrogen) atoms. The van der Waals surface area contributed by atoms with Crippen LogP contribution in [0.3, 0.4) is 0 Å². The Morgan fingerprint density at radius 2 is 1.60 bits per heavy atom. The van der Waals surface area contributed by atoms with Gasteiger partial charge in [-0.2, -0.15) is 0 Å². The summed E-state index contributed by atoms with van der Waals surface area (Å²) in [5, 5.41) is 8.23. The minimum absolute atomic E-state index is 0.0761. The summed E-state index contributed by atoms with van der Waals surface area (Å²) < 4.78 is 0. The second kappa shape index (κ2) is 9.42. The Balaban J connectivity index is 2.43. The molecule has 0 bridgehead atoms. The number of halogens is 1. The maximum Gasteiger partial charge on any atom is 0.251 e. The summed E-state index contributed by atoms with van der Waals surface area (Å²) in [6.07, 6.45) is 0. The Morgan fingerprint density at radius 1 is 1.04 bits per heavy atom. The van der Waals surface area contributed by atoms with Crippen molar-refractivity contribution in [3.63, 3.8) is 0 Å². The lowest BCUT2D eigenvalue weighted by Gasteiger charge is -2.20. The highest BCUT2D eigenvalue weighted by molar-refractivity contribution is 6.19. The Labute approximate surface area is 153 Å². The van der Waals surface area contributed by atoms with Gasteiger partial charge in [0.2, 0.25) is 11.8 Å². The molecule has 7 heteroatoms. The predicted octanol–water partition coefficient (Wildman–Crippen LogP) is 2.39. The van der Waals surface area contributed by atoms with E-state index >= 15 is 0 Å². The van der Waals surface area contributed by atoms with Gasteiger partial charge in [-0.1, -0.05) is 13.8 Å². The third-order valence-electron chi connectivity index (χ3n) is 3.58. The molecular formula is C18H26ClN3O3. The van der Waals surface area contributed by atoms with Crippen LogP contribution in [0.2, 0.25) is 0 Å². The normalized spacial score (nSPS) is 11.1. The molecule has 0 spiro atoms. The molecule has 0 heterocycles. The maximum absolute atomic E-state index is 12.1. The van der Waals surface area contributed by atoms with Crippen LogP contribution in [0.15, 0.2) is 24.3 Å². The summed E-state index contributed by atoms with van der Waals surface area (Å²) in [5.74, 6) is -0.352. The summed E-state index contributed by atoms with van der Waals surface area (Å²) in [6, 6.07) is 6.64. The first-order valence-electron chi connectivity index (χ1n) is 8.21. The lowest BCUT2D eigenvalue weighted by Crippen LogP contribution is -2.41. The Bertz CT molecular complexity index is 612. The molecule has 0 aromatic heterocycles. The van der Waals surface area contributed by atoms with Crippen molar-refractivity contribution in [1.82, 2.24) is 10.6 Å². The fourth-order valence-corrected chi connectivity index (χ4v) is 1.87. The quantitative estimate of drug-likeness (QED) is 0.487. The van der Waals surface area contributed by atoms with Gasteiger partial charge in [0.05, 0.1) is 5.41 Å². The van der Waals surface area contributed by atoms with Gasteiger partial charge in [-0.3, -0.25) is 14.4 Å². The monoisotopic (exact) mass is 367 g/mol. The van der Waals surface area contributed by atoms with E-state index in [9.17, 15) is 14.4 Å². The average molecular weight is 368 g/mol. The van der Waals surface area contributed by atoms with Crippen molar-refractivity contribution in [2.45, 2.75) is 27.7 Å². The van der Waals surface area contributed by atoms with E-state index in [0.29, 0.717) is 24.3 Å². The molecule has 0 saturated carbocycles. The molecule has 0 aliphatic rings. The molecule has 3 amide bonds. The Hall–Kier alpha value is -2.08. The van der Waals surface area contributed by atoms with Crippen molar-refractivity contribution in [3.05, 3.63) is 29.8 Å². The second-order valence-electron chi connectivity index (χ2n) is 6.75. The van der Waals surface area contributed by atoms with Gasteiger partial charge in [-0.15, -0.1) is 11.6 Å². The smallest absolute Gasteiger partial charge is 0.251 e. The van der Waals surface area contributed by atoms with Crippen molar-refractivity contribution >= 4 is 35.0 Å². The lowest BCUT2D eigenvalue weighted by molar-refractivity contribution is -0.128. The van der Waals surface area contributed by atoms with Crippen molar-refractivity contribution in [2.24, 2.45) is 11.3 Å². The third-order valence-corrected chi connectivity index (χ3v) is 4.25. The van der Waals surface area contributed by atoms with Crippen LogP contribution >= 0.6 is 11.6 Å². The highest BCUT2D eigenvalue weighted by atomic mass is 35.5. The van der Waals surface area contributed by atoms with Crippen LogP contribution in [0.4, 0.5) is 5.69 Å². The summed E-state index contributed by atoms with van der Waals surface area (Å²) >= 11 is 5.74. The van der Waals surface area contributed by atoms with Gasteiger partial charge in [-0.25, -0.2) is 0 Å². The van der Waals surface area contributed by atoms with Gasteiger partial charge in [-0.05, 0) is 38.1 Å². The van der Waals surface area contributed by atoms with E-state index in [1.165, 1.54) is 0 Å². The number of carbonyl (C=O) groups excluding carboxylic acids is 3. The minimum Gasteiger partial charge on any atom is -0.354 e. The number of alkyl halides is 1. The summed E-state index contributed by atoms with van der Waals surface area (Å²) in [7, 11) is 0. The molecule has 6 nitrogen and oxygen atoms in total. The zero-order valence-corrected chi connectivity index (χ0v) is 15.9. The number of benzene rings is 1. The van der Waals surface area contributed by atoms with E-state index < -0.39 is 5.41 Å². The molecule has 1 aromatic rings. The van der Waals surface area contributed by atoms with E-state index in [1.54, 1.807) is 38.1 Å². The summed E-state index contributed by atoms with van der Waals surface area (Å²) in [4.78, 5) is 35.5. The zero-order valence-electron chi connectivity index (χ0n) is 15.1. The molecule has 138 valence electrons. The van der Waals surface area contributed by atoms with Crippen LogP contribution in [-0.2, 0) is 9.59 Å². The van der Waals surface area contributed by atoms with Crippen molar-refractivity contribution in [3.8, 4) is 0 Å². The van der Waals surface area contributed by atoms with Gasteiger partial charge in [0.1, 0.15) is 0 Å². The predicted molar refractivity (Wildman–Crippen MR) is 99.8 cm³/mol. The highest BCUT2D eigenvalue weighted by Crippen LogP contribution is 2.16. The Morgan fingerprint density at radius 3 is 2.12 bits per heavy atom. The van der Waals surface area contributed by atoms with Crippen LogP contribution < -0.4 is 16.0 Å². The molecule has 1 aromatic carbocycles. The van der Waals surface area contributed by atoms with E-state index in [2.05, 4.69) is 16.0 Å². The van der Waals surface area contributed by atoms with Crippen molar-refractivity contribution < 1.29 is 14.4 Å². The first-order chi connectivity index (χ1) is 11.7. The topological polar surface area (TPSA) is 87.3 Å². The van der Waals surface area contributed by atoms with E-state index in [0.717, 1.165) is 0 Å². The molecule has 0 radical (unpaired) electrons. The number of hydrogen-bond acceptors (Lipinski definition) is 3. The number of amides is 3. The molecule has 0 fully saturated rings. The molecule has 0 aliphatic heterocycles. The molecule has 0 atom stereocenters. The zero-order chi connectivity index (χ0) is 19.0. The number of hydrogen-bond donors (Lipinski definition) is 3. The van der Waals surface area contributed by atoms with Crippen LogP contribution in [-0.4, -0.2) is 36.7 Å². The highest BCUT2D eigenvalue weighted by Gasteiger charge is 2.25. The third kappa shape index (κ3) is 6.74. The number of rotatable bonds is 8. The molecule has 3 N–H and O–H groups in total. The van der Waals surface area contributed by atoms with Crippen LogP contribution in [0.1, 0.15) is 38.1 Å². The lowest BCUT2D eigenvalue weighted by atomic mass is 9.95. The number of carbonyl (C=O) groups is 3. The Kier molecular flexibility index (Phi) is 7.90. The fourth-order valence-electron chi connectivity index (χ4n) is 1.75. The number of nitrogens with one attached hydrogen (secondary N) is 3. The van der Waals surface area contributed by atoms with Crippen LogP contribution in [0, 0.1) is 11.3 Å². The molecular weight excluding hydrogens is 342 g/mol. The first kappa shape index (κ1) is 21.0. The van der Waals surface area contributed by atoms with Gasteiger partial charge in [0.15, 0.2) is 0 Å². The standard InChI is InChI=1S/C18H26ClN3O3/c1-12(2)15(23)22-14-7-5-13(6-8-14)16(24)20-9-10-21-17(25)18(3,4)11-19/h5-8,12H,9-11H2,1-4H3,(H,20,24)(H,21,25)(H,22,23). The fraction of sp³-hybridized carbons (Fsp3) is 0.500. The van der Waals surface area contributed by atoms with Gasteiger partial charge in [0, 0.05) is 36.1 Å². The minimum atomic E-state index is -0.637. The van der Waals surface area contributed by atoms with Crippen molar-refractivity contribution in [1.29, 1.82) is 0 Å². The largest absolute Gasteiger partial charge is 0.354 e. The molecule has 0 saturated heterocycles. The van der Waals surface area contributed by atoms with E-state index in [1.807, 2.05) is 13.8 Å². The van der Waals surface area contributed by atoms with E-state index in [4.69, 9.17) is 11.6 Å². The van der Waals surface area contributed by atoms with Crippen LogP contribution in [0.5, 0.6) is 0 Å². The van der Waals surface area contributed by atoms with E-state index in [-0.39, 0.29) is 29.5 Å².